The lowest BCUT2D eigenvalue weighted by atomic mass is 9.90. The molecular weight excluding hydrogens is 480 g/mol. The summed E-state index contributed by atoms with van der Waals surface area (Å²) in [7, 11) is 0. The fraction of sp³-hybridized carbons (Fsp3) is 0.417. The molecule has 2 aromatic rings. The van der Waals surface area contributed by atoms with Crippen molar-refractivity contribution in [1.82, 2.24) is 10.2 Å². The van der Waals surface area contributed by atoms with Crippen molar-refractivity contribution in [1.29, 1.82) is 0 Å². The van der Waals surface area contributed by atoms with Gasteiger partial charge in [0.25, 0.3) is 0 Å². The zero-order chi connectivity index (χ0) is 22.9. The minimum Gasteiger partial charge on any atom is -0.368 e. The van der Waals surface area contributed by atoms with Crippen molar-refractivity contribution in [3.8, 4) is 0 Å². The van der Waals surface area contributed by atoms with E-state index in [2.05, 4.69) is 21.2 Å². The molecular formula is C24H26BrF2N3O2. The van der Waals surface area contributed by atoms with Crippen LogP contribution in [-0.2, 0) is 21.4 Å². The third kappa shape index (κ3) is 4.57. The van der Waals surface area contributed by atoms with E-state index in [1.807, 2.05) is 24.3 Å². The first-order valence-corrected chi connectivity index (χ1v) is 11.6. The first-order valence-electron chi connectivity index (χ1n) is 10.8. The maximum atomic E-state index is 14.7. The number of hydrogen-bond acceptors (Lipinski definition) is 3. The molecule has 32 heavy (non-hydrogen) atoms. The first-order chi connectivity index (χ1) is 15.3. The van der Waals surface area contributed by atoms with Gasteiger partial charge in [0.1, 0.15) is 17.7 Å². The lowest BCUT2D eigenvalue weighted by Gasteiger charge is -2.41. The molecule has 0 radical (unpaired) electrons. The smallest absolute Gasteiger partial charge is 0.240 e. The second-order valence-electron chi connectivity index (χ2n) is 8.67. The molecule has 2 atom stereocenters. The number of nitrogens with one attached hydrogen (secondary N) is 1. The van der Waals surface area contributed by atoms with Gasteiger partial charge >= 0.3 is 0 Å². The topological polar surface area (TPSA) is 75.4 Å². The Bertz CT molecular complexity index is 1000. The van der Waals surface area contributed by atoms with Crippen LogP contribution in [0.15, 0.2) is 46.9 Å². The number of carbonyl (C=O) groups excluding carboxylic acids is 2. The van der Waals surface area contributed by atoms with Crippen LogP contribution >= 0.6 is 15.9 Å². The van der Waals surface area contributed by atoms with Gasteiger partial charge in [0.15, 0.2) is 0 Å². The SMILES string of the molecule is NC(=O)[C@H](Cc1ccc(Br)cc1)N(C(=O)C1(c2ccc(F)cc2F)CC1)[C@@H]1CCCNC1. The number of nitrogens with zero attached hydrogens (tertiary/aromatic N) is 1. The molecule has 0 aromatic heterocycles. The molecule has 1 heterocycles. The summed E-state index contributed by atoms with van der Waals surface area (Å²) in [5.74, 6) is -2.32. The van der Waals surface area contributed by atoms with Gasteiger partial charge in [-0.1, -0.05) is 34.1 Å². The van der Waals surface area contributed by atoms with Crippen LogP contribution in [0.3, 0.4) is 0 Å². The average molecular weight is 506 g/mol. The normalized spacial score (nSPS) is 20.4. The number of nitrogens with two attached hydrogens (primary N) is 1. The third-order valence-electron chi connectivity index (χ3n) is 6.51. The fourth-order valence-corrected chi connectivity index (χ4v) is 4.92. The van der Waals surface area contributed by atoms with E-state index >= 15 is 0 Å². The summed E-state index contributed by atoms with van der Waals surface area (Å²) in [4.78, 5) is 28.2. The fourth-order valence-electron chi connectivity index (χ4n) is 4.66. The Morgan fingerprint density at radius 2 is 1.91 bits per heavy atom. The Morgan fingerprint density at radius 1 is 1.19 bits per heavy atom. The Hall–Kier alpha value is -2.32. The summed E-state index contributed by atoms with van der Waals surface area (Å²) in [5.41, 5.74) is 5.80. The lowest BCUT2D eigenvalue weighted by Crippen LogP contribution is -2.60. The van der Waals surface area contributed by atoms with Crippen molar-refractivity contribution in [3.63, 3.8) is 0 Å². The van der Waals surface area contributed by atoms with Crippen LogP contribution in [0.4, 0.5) is 8.78 Å². The van der Waals surface area contributed by atoms with Gasteiger partial charge in [-0.05, 0) is 56.0 Å². The molecule has 1 aliphatic carbocycles. The van der Waals surface area contributed by atoms with Crippen LogP contribution in [0.1, 0.15) is 36.8 Å². The lowest BCUT2D eigenvalue weighted by molar-refractivity contribution is -0.145. The largest absolute Gasteiger partial charge is 0.368 e. The summed E-state index contributed by atoms with van der Waals surface area (Å²) in [5, 5.41) is 3.29. The van der Waals surface area contributed by atoms with Gasteiger partial charge in [0.2, 0.25) is 11.8 Å². The summed E-state index contributed by atoms with van der Waals surface area (Å²) >= 11 is 3.40. The summed E-state index contributed by atoms with van der Waals surface area (Å²) < 4.78 is 29.1. The number of piperidine rings is 1. The highest BCUT2D eigenvalue weighted by atomic mass is 79.9. The molecule has 5 nitrogen and oxygen atoms in total. The summed E-state index contributed by atoms with van der Waals surface area (Å²) in [6.07, 6.45) is 2.76. The molecule has 0 bridgehead atoms. The average Bonchev–Trinajstić information content (AvgIpc) is 3.57. The minimum atomic E-state index is -1.08. The molecule has 2 fully saturated rings. The van der Waals surface area contributed by atoms with Gasteiger partial charge in [0.05, 0.1) is 5.41 Å². The number of halogens is 3. The van der Waals surface area contributed by atoms with Crippen molar-refractivity contribution < 1.29 is 18.4 Å². The van der Waals surface area contributed by atoms with Crippen LogP contribution in [0.2, 0.25) is 0 Å². The molecule has 2 aromatic carbocycles. The van der Waals surface area contributed by atoms with Crippen LogP contribution in [0, 0.1) is 11.6 Å². The van der Waals surface area contributed by atoms with E-state index in [4.69, 9.17) is 5.73 Å². The van der Waals surface area contributed by atoms with E-state index < -0.39 is 29.0 Å². The van der Waals surface area contributed by atoms with E-state index in [0.29, 0.717) is 19.4 Å². The standard InChI is InChI=1S/C24H26BrF2N3O2/c25-16-5-3-15(4-6-16)12-21(22(28)31)30(18-2-1-11-29-14-18)23(32)24(9-10-24)19-8-7-17(26)13-20(19)27/h3-8,13,18,21,29H,1-2,9-12,14H2,(H2,28,31)/t18-,21+/m1/s1. The first kappa shape index (κ1) is 22.9. The second-order valence-corrected chi connectivity index (χ2v) is 9.58. The predicted molar refractivity (Wildman–Crippen MR) is 121 cm³/mol. The highest BCUT2D eigenvalue weighted by molar-refractivity contribution is 9.10. The minimum absolute atomic E-state index is 0.185. The van der Waals surface area contributed by atoms with Gasteiger partial charge in [-0.2, -0.15) is 0 Å². The molecule has 1 aliphatic heterocycles. The van der Waals surface area contributed by atoms with Crippen molar-refractivity contribution in [2.24, 2.45) is 5.73 Å². The molecule has 0 spiro atoms. The Labute approximate surface area is 194 Å². The Kier molecular flexibility index (Phi) is 6.62. The maximum Gasteiger partial charge on any atom is 0.240 e. The van der Waals surface area contributed by atoms with Crippen molar-refractivity contribution in [2.75, 3.05) is 13.1 Å². The van der Waals surface area contributed by atoms with Crippen LogP contribution in [0.25, 0.3) is 0 Å². The van der Waals surface area contributed by atoms with Gasteiger partial charge in [-0.3, -0.25) is 9.59 Å². The van der Waals surface area contributed by atoms with Crippen LogP contribution in [-0.4, -0.2) is 41.9 Å². The van der Waals surface area contributed by atoms with Crippen molar-refractivity contribution in [2.45, 2.75) is 49.6 Å². The highest BCUT2D eigenvalue weighted by Crippen LogP contribution is 2.51. The van der Waals surface area contributed by atoms with E-state index in [1.165, 1.54) is 12.1 Å². The maximum absolute atomic E-state index is 14.7. The third-order valence-corrected chi connectivity index (χ3v) is 7.04. The number of rotatable bonds is 7. The molecule has 170 valence electrons. The number of hydrogen-bond donors (Lipinski definition) is 2. The monoisotopic (exact) mass is 505 g/mol. The zero-order valence-corrected chi connectivity index (χ0v) is 19.2. The predicted octanol–water partition coefficient (Wildman–Crippen LogP) is 3.44. The number of amides is 2. The van der Waals surface area contributed by atoms with Gasteiger partial charge in [0, 0.05) is 35.1 Å². The summed E-state index contributed by atoms with van der Waals surface area (Å²) in [6, 6.07) is 9.74. The molecule has 1 saturated carbocycles. The molecule has 0 unspecified atom stereocenters. The molecule has 8 heteroatoms. The van der Waals surface area contributed by atoms with Crippen molar-refractivity contribution >= 4 is 27.7 Å². The highest BCUT2D eigenvalue weighted by Gasteiger charge is 2.56. The van der Waals surface area contributed by atoms with Gasteiger partial charge < -0.3 is 16.0 Å². The van der Waals surface area contributed by atoms with Crippen LogP contribution < -0.4 is 11.1 Å². The van der Waals surface area contributed by atoms with E-state index in [9.17, 15) is 18.4 Å². The Morgan fingerprint density at radius 3 is 2.47 bits per heavy atom. The number of carbonyl (C=O) groups is 2. The number of benzene rings is 2. The van der Waals surface area contributed by atoms with Crippen LogP contribution in [0.5, 0.6) is 0 Å². The van der Waals surface area contributed by atoms with E-state index in [-0.39, 0.29) is 23.9 Å². The molecule has 4 rings (SSSR count). The molecule has 2 aliphatic rings. The Balaban J connectivity index is 1.71. The zero-order valence-electron chi connectivity index (χ0n) is 17.6. The quantitative estimate of drug-likeness (QED) is 0.605. The second kappa shape index (κ2) is 9.27. The van der Waals surface area contributed by atoms with Gasteiger partial charge in [-0.25, -0.2) is 8.78 Å². The molecule has 3 N–H and O–H groups in total. The molecule has 1 saturated heterocycles. The number of primary amides is 1. The van der Waals surface area contributed by atoms with E-state index in [1.54, 1.807) is 4.90 Å². The van der Waals surface area contributed by atoms with E-state index in [0.717, 1.165) is 35.5 Å². The van der Waals surface area contributed by atoms with Gasteiger partial charge in [-0.15, -0.1) is 0 Å². The summed E-state index contributed by atoms with van der Waals surface area (Å²) in [6.45, 7) is 1.38. The van der Waals surface area contributed by atoms with Crippen molar-refractivity contribution in [3.05, 3.63) is 69.7 Å². The molecule has 2 amide bonds.